The van der Waals surface area contributed by atoms with Crippen molar-refractivity contribution >= 4 is 18.2 Å². The number of carbonyl (C=O) groups is 1. The fraction of sp³-hybridized carbons (Fsp3) is 0.350. The number of nitrogens with zero attached hydrogens (tertiary/aromatic N) is 1. The van der Waals surface area contributed by atoms with Gasteiger partial charge in [0, 0.05) is 6.54 Å². The predicted molar refractivity (Wildman–Crippen MR) is 97.2 cm³/mol. The van der Waals surface area contributed by atoms with Crippen molar-refractivity contribution < 1.29 is 4.79 Å². The van der Waals surface area contributed by atoms with Crippen LogP contribution in [0, 0.1) is 5.92 Å². The van der Waals surface area contributed by atoms with Crippen molar-refractivity contribution in [2.24, 2.45) is 5.92 Å². The molecule has 2 nitrogen and oxygen atoms in total. The zero-order valence-electron chi connectivity index (χ0n) is 13.9. The van der Waals surface area contributed by atoms with Gasteiger partial charge in [0.15, 0.2) is 5.78 Å². The topological polar surface area (TPSA) is 20.3 Å². The minimum atomic E-state index is -0.547. The molecular weight excluding hydrogens is 306 g/mol. The molecule has 2 aromatic carbocycles. The Labute approximate surface area is 144 Å². The number of ketones is 1. The van der Waals surface area contributed by atoms with E-state index in [9.17, 15) is 4.79 Å². The third-order valence-corrected chi connectivity index (χ3v) is 5.19. The lowest BCUT2D eigenvalue weighted by Gasteiger charge is -2.48. The molecule has 0 N–H and O–H groups in total. The number of halogens is 1. The summed E-state index contributed by atoms with van der Waals surface area (Å²) in [5.41, 5.74) is 1.67. The summed E-state index contributed by atoms with van der Waals surface area (Å²) >= 11 is 0. The van der Waals surface area contributed by atoms with Gasteiger partial charge < -0.3 is 0 Å². The number of piperidine rings is 1. The molecule has 0 saturated carbocycles. The second-order valence-electron chi connectivity index (χ2n) is 6.42. The van der Waals surface area contributed by atoms with Gasteiger partial charge in [0.25, 0.3) is 0 Å². The molecule has 1 fully saturated rings. The van der Waals surface area contributed by atoms with E-state index >= 15 is 0 Å². The lowest BCUT2D eigenvalue weighted by atomic mass is 9.60. The summed E-state index contributed by atoms with van der Waals surface area (Å²) in [5.74, 6) is 0.525. The molecule has 3 rings (SSSR count). The molecule has 0 spiro atoms. The summed E-state index contributed by atoms with van der Waals surface area (Å²) in [7, 11) is 2.04. The van der Waals surface area contributed by atoms with Gasteiger partial charge in [-0.1, -0.05) is 67.6 Å². The molecule has 1 saturated heterocycles. The maximum absolute atomic E-state index is 13.4. The number of Topliss-reactive ketones (excluding diaryl/α,β-unsaturated/α-hetero) is 1. The van der Waals surface area contributed by atoms with Crippen LogP contribution in [0.1, 0.15) is 25.0 Å². The Morgan fingerprint density at radius 2 is 1.35 bits per heavy atom. The molecule has 23 heavy (non-hydrogen) atoms. The van der Waals surface area contributed by atoms with Gasteiger partial charge in [-0.2, -0.15) is 0 Å². The van der Waals surface area contributed by atoms with Crippen LogP contribution in [-0.2, 0) is 10.2 Å². The van der Waals surface area contributed by atoms with Crippen LogP contribution in [-0.4, -0.2) is 30.3 Å². The third kappa shape index (κ3) is 2.71. The summed E-state index contributed by atoms with van der Waals surface area (Å²) in [4.78, 5) is 15.6. The lowest BCUT2D eigenvalue weighted by Crippen LogP contribution is -2.59. The molecule has 3 heteroatoms. The van der Waals surface area contributed by atoms with E-state index in [-0.39, 0.29) is 24.4 Å². The van der Waals surface area contributed by atoms with Crippen molar-refractivity contribution in [3.63, 3.8) is 0 Å². The highest BCUT2D eigenvalue weighted by atomic mass is 35.5. The van der Waals surface area contributed by atoms with E-state index in [2.05, 4.69) is 36.1 Å². The van der Waals surface area contributed by atoms with Crippen LogP contribution < -0.4 is 0 Å². The molecule has 2 aromatic rings. The van der Waals surface area contributed by atoms with Crippen LogP contribution in [0.15, 0.2) is 60.7 Å². The van der Waals surface area contributed by atoms with Gasteiger partial charge in [-0.3, -0.25) is 9.69 Å². The summed E-state index contributed by atoms with van der Waals surface area (Å²) in [6.07, 6.45) is 0. The fourth-order valence-corrected chi connectivity index (χ4v) is 3.92. The largest absolute Gasteiger partial charge is 0.297 e. The molecule has 0 bridgehead atoms. The Morgan fingerprint density at radius 3 is 1.78 bits per heavy atom. The minimum absolute atomic E-state index is 0. The minimum Gasteiger partial charge on any atom is -0.297 e. The molecule has 1 heterocycles. The molecule has 0 radical (unpaired) electrons. The molecular formula is C20H24ClNO. The normalized spacial score (nSPS) is 24.0. The molecule has 122 valence electrons. The zero-order chi connectivity index (χ0) is 15.7. The zero-order valence-corrected chi connectivity index (χ0v) is 14.7. The number of hydrogen-bond donors (Lipinski definition) is 0. The number of likely N-dealkylation sites (N-methyl/N-ethyl adjacent to an activating group) is 1. The summed E-state index contributed by atoms with van der Waals surface area (Å²) in [6.45, 7) is 5.13. The second-order valence-corrected chi connectivity index (χ2v) is 6.42. The van der Waals surface area contributed by atoms with E-state index in [0.717, 1.165) is 17.7 Å². The van der Waals surface area contributed by atoms with E-state index in [0.29, 0.717) is 5.78 Å². The maximum atomic E-state index is 13.4. The Morgan fingerprint density at radius 1 is 0.913 bits per heavy atom. The summed E-state index contributed by atoms with van der Waals surface area (Å²) in [5, 5.41) is 0. The van der Waals surface area contributed by atoms with E-state index in [4.69, 9.17) is 0 Å². The first-order valence-electron chi connectivity index (χ1n) is 7.94. The number of hydrogen-bond acceptors (Lipinski definition) is 2. The molecule has 0 aromatic heterocycles. The van der Waals surface area contributed by atoms with E-state index in [1.807, 2.05) is 50.4 Å². The second kappa shape index (κ2) is 6.86. The summed E-state index contributed by atoms with van der Waals surface area (Å²) in [6, 6.07) is 20.5. The van der Waals surface area contributed by atoms with Gasteiger partial charge in [-0.15, -0.1) is 12.4 Å². The van der Waals surface area contributed by atoms with Gasteiger partial charge in [-0.25, -0.2) is 0 Å². The fourth-order valence-electron chi connectivity index (χ4n) is 3.92. The Kier molecular flexibility index (Phi) is 5.28. The first-order valence-corrected chi connectivity index (χ1v) is 7.94. The van der Waals surface area contributed by atoms with Gasteiger partial charge in [0.2, 0.25) is 0 Å². The standard InChI is InChI=1S/C20H23NO.ClH/c1-15-14-21(3)16(2)19(22)20(15,17-10-6-4-7-11-17)18-12-8-5-9-13-18;/h4-13,15-16H,14H2,1-3H3;1H. The van der Waals surface area contributed by atoms with Gasteiger partial charge >= 0.3 is 0 Å². The van der Waals surface area contributed by atoms with E-state index in [1.54, 1.807) is 0 Å². The average Bonchev–Trinajstić information content (AvgIpc) is 2.55. The van der Waals surface area contributed by atoms with Crippen LogP contribution in [0.5, 0.6) is 0 Å². The number of benzene rings is 2. The summed E-state index contributed by atoms with van der Waals surface area (Å²) < 4.78 is 0. The first kappa shape index (κ1) is 17.7. The highest BCUT2D eigenvalue weighted by Crippen LogP contribution is 2.44. The molecule has 0 amide bonds. The van der Waals surface area contributed by atoms with E-state index in [1.165, 1.54) is 0 Å². The van der Waals surface area contributed by atoms with Crippen molar-refractivity contribution in [1.29, 1.82) is 0 Å². The average molecular weight is 330 g/mol. The van der Waals surface area contributed by atoms with Crippen molar-refractivity contribution in [3.05, 3.63) is 71.8 Å². The van der Waals surface area contributed by atoms with Crippen molar-refractivity contribution in [3.8, 4) is 0 Å². The SMILES string of the molecule is CC1C(=O)C(c2ccccc2)(c2ccccc2)C(C)CN1C.Cl. The van der Waals surface area contributed by atoms with Crippen LogP contribution in [0.2, 0.25) is 0 Å². The van der Waals surface area contributed by atoms with Crippen molar-refractivity contribution in [2.75, 3.05) is 13.6 Å². The maximum Gasteiger partial charge on any atom is 0.164 e. The highest BCUT2D eigenvalue weighted by Gasteiger charge is 2.52. The molecule has 1 aliphatic heterocycles. The molecule has 1 aliphatic rings. The van der Waals surface area contributed by atoms with Crippen LogP contribution in [0.25, 0.3) is 0 Å². The van der Waals surface area contributed by atoms with Crippen molar-refractivity contribution in [2.45, 2.75) is 25.3 Å². The molecule has 0 aliphatic carbocycles. The first-order chi connectivity index (χ1) is 10.6. The third-order valence-electron chi connectivity index (χ3n) is 5.19. The molecule has 2 unspecified atom stereocenters. The number of carbonyl (C=O) groups excluding carboxylic acids is 1. The Balaban J connectivity index is 0.00000192. The number of likely N-dealkylation sites (tertiary alicyclic amines) is 1. The van der Waals surface area contributed by atoms with Crippen LogP contribution in [0.3, 0.4) is 0 Å². The van der Waals surface area contributed by atoms with Crippen molar-refractivity contribution in [1.82, 2.24) is 4.90 Å². The molecule has 2 atom stereocenters. The van der Waals surface area contributed by atoms with Crippen LogP contribution >= 0.6 is 12.4 Å². The van der Waals surface area contributed by atoms with Gasteiger partial charge in [0.05, 0.1) is 11.5 Å². The predicted octanol–water partition coefficient (Wildman–Crippen LogP) is 3.93. The number of rotatable bonds is 2. The lowest BCUT2D eigenvalue weighted by molar-refractivity contribution is -0.133. The van der Waals surface area contributed by atoms with Crippen LogP contribution in [0.4, 0.5) is 0 Å². The quantitative estimate of drug-likeness (QED) is 0.832. The van der Waals surface area contributed by atoms with Gasteiger partial charge in [0.1, 0.15) is 0 Å². The van der Waals surface area contributed by atoms with E-state index < -0.39 is 5.41 Å². The monoisotopic (exact) mass is 329 g/mol. The van der Waals surface area contributed by atoms with Gasteiger partial charge in [-0.05, 0) is 31.0 Å². The highest BCUT2D eigenvalue weighted by molar-refractivity contribution is 5.98. The Bertz CT molecular complexity index is 616. The smallest absolute Gasteiger partial charge is 0.164 e. The Hall–Kier alpha value is -1.64.